The molecule has 0 unspecified atom stereocenters. The number of anilines is 1. The van der Waals surface area contributed by atoms with Crippen molar-refractivity contribution in [2.45, 2.75) is 31.8 Å². The van der Waals surface area contributed by atoms with Crippen LogP contribution in [0.4, 0.5) is 23.4 Å². The Labute approximate surface area is 168 Å². The number of hydrogen-bond acceptors (Lipinski definition) is 4. The molecule has 1 fully saturated rings. The molecule has 4 rings (SSSR count). The Morgan fingerprint density at radius 1 is 1.20 bits per heavy atom. The second-order valence-electron chi connectivity index (χ2n) is 7.31. The zero-order chi connectivity index (χ0) is 21.6. The molecular weight excluding hydrogens is 402 g/mol. The molecular formula is C21H17F4N3O2. The van der Waals surface area contributed by atoms with E-state index in [4.69, 9.17) is 0 Å². The van der Waals surface area contributed by atoms with Crippen molar-refractivity contribution in [3.05, 3.63) is 54.0 Å². The summed E-state index contributed by atoms with van der Waals surface area (Å²) in [5.74, 6) is -0.801. The van der Waals surface area contributed by atoms with Gasteiger partial charge in [-0.2, -0.15) is 13.2 Å². The maximum atomic E-state index is 13.1. The summed E-state index contributed by atoms with van der Waals surface area (Å²) in [7, 11) is 0. The third kappa shape index (κ3) is 3.85. The number of pyridine rings is 2. The number of amides is 1. The van der Waals surface area contributed by atoms with Gasteiger partial charge in [0.25, 0.3) is 0 Å². The SMILES string of the molecule is Cc1ccnc([C@H](O)C(F)(F)F)c1-c1ccc2cc(NC(=O)[C@@H]3C[C@@H]3F)ncc2c1. The summed E-state index contributed by atoms with van der Waals surface area (Å²) in [6.07, 6.45) is -5.76. The van der Waals surface area contributed by atoms with Crippen LogP contribution in [0.25, 0.3) is 21.9 Å². The number of aliphatic hydroxyl groups is 1. The fraction of sp³-hybridized carbons (Fsp3) is 0.286. The number of nitrogens with zero attached hydrogens (tertiary/aromatic N) is 2. The molecule has 1 aromatic carbocycles. The van der Waals surface area contributed by atoms with Crippen LogP contribution in [0.2, 0.25) is 0 Å². The van der Waals surface area contributed by atoms with Gasteiger partial charge in [-0.05, 0) is 48.1 Å². The van der Waals surface area contributed by atoms with Crippen LogP contribution in [0.15, 0.2) is 42.7 Å². The molecule has 2 N–H and O–H groups in total. The fourth-order valence-electron chi connectivity index (χ4n) is 3.34. The molecule has 0 saturated heterocycles. The van der Waals surface area contributed by atoms with E-state index >= 15 is 0 Å². The Kier molecular flexibility index (Phi) is 4.93. The van der Waals surface area contributed by atoms with Gasteiger partial charge in [-0.25, -0.2) is 9.37 Å². The predicted molar refractivity (Wildman–Crippen MR) is 102 cm³/mol. The Balaban J connectivity index is 1.69. The molecule has 0 radical (unpaired) electrons. The molecule has 1 aliphatic carbocycles. The molecule has 2 heterocycles. The van der Waals surface area contributed by atoms with Gasteiger partial charge >= 0.3 is 6.18 Å². The highest BCUT2D eigenvalue weighted by Crippen LogP contribution is 2.39. The Morgan fingerprint density at radius 3 is 2.60 bits per heavy atom. The van der Waals surface area contributed by atoms with E-state index in [9.17, 15) is 27.5 Å². The third-order valence-electron chi connectivity index (χ3n) is 5.07. The second kappa shape index (κ2) is 7.32. The van der Waals surface area contributed by atoms with E-state index in [1.54, 1.807) is 37.3 Å². The predicted octanol–water partition coefficient (Wildman–Crippen LogP) is 4.50. The van der Waals surface area contributed by atoms with E-state index in [1.165, 1.54) is 12.4 Å². The average Bonchev–Trinajstić information content (AvgIpc) is 3.43. The monoisotopic (exact) mass is 419 g/mol. The number of aromatic nitrogens is 2. The minimum atomic E-state index is -4.85. The number of fused-ring (bicyclic) bond motifs is 1. The first-order valence-electron chi connectivity index (χ1n) is 9.20. The Hall–Kier alpha value is -3.07. The molecule has 30 heavy (non-hydrogen) atoms. The highest BCUT2D eigenvalue weighted by molar-refractivity contribution is 5.96. The van der Waals surface area contributed by atoms with Crippen LogP contribution in [0.3, 0.4) is 0 Å². The molecule has 1 amide bonds. The summed E-state index contributed by atoms with van der Waals surface area (Å²) in [5.41, 5.74) is 0.709. The van der Waals surface area contributed by atoms with Crippen LogP contribution in [0.5, 0.6) is 0 Å². The van der Waals surface area contributed by atoms with Crippen molar-refractivity contribution in [2.75, 3.05) is 5.32 Å². The molecule has 9 heteroatoms. The number of hydrogen-bond donors (Lipinski definition) is 2. The van der Waals surface area contributed by atoms with Crippen molar-refractivity contribution in [3.8, 4) is 11.1 Å². The van der Waals surface area contributed by atoms with Crippen LogP contribution in [-0.4, -0.2) is 33.3 Å². The highest BCUT2D eigenvalue weighted by Gasteiger charge is 2.44. The van der Waals surface area contributed by atoms with Crippen LogP contribution in [0.1, 0.15) is 23.8 Å². The molecule has 3 aromatic rings. The lowest BCUT2D eigenvalue weighted by Gasteiger charge is -2.19. The van der Waals surface area contributed by atoms with Gasteiger partial charge in [-0.3, -0.25) is 9.78 Å². The number of alkyl halides is 4. The third-order valence-corrected chi connectivity index (χ3v) is 5.07. The number of rotatable bonds is 4. The number of aryl methyl sites for hydroxylation is 1. The van der Waals surface area contributed by atoms with Gasteiger partial charge in [0, 0.05) is 23.3 Å². The van der Waals surface area contributed by atoms with E-state index in [2.05, 4.69) is 15.3 Å². The molecule has 5 nitrogen and oxygen atoms in total. The van der Waals surface area contributed by atoms with E-state index in [-0.39, 0.29) is 17.8 Å². The molecule has 1 saturated carbocycles. The maximum Gasteiger partial charge on any atom is 0.420 e. The summed E-state index contributed by atoms with van der Waals surface area (Å²) in [6.45, 7) is 1.64. The quantitative estimate of drug-likeness (QED) is 0.611. The molecule has 1 aliphatic rings. The number of benzene rings is 1. The minimum Gasteiger partial charge on any atom is -0.378 e. The summed E-state index contributed by atoms with van der Waals surface area (Å²) in [6, 6.07) is 8.10. The van der Waals surface area contributed by atoms with Crippen LogP contribution in [-0.2, 0) is 4.79 Å². The number of carbonyl (C=O) groups is 1. The van der Waals surface area contributed by atoms with Crippen molar-refractivity contribution >= 4 is 22.5 Å². The van der Waals surface area contributed by atoms with Crippen LogP contribution < -0.4 is 5.32 Å². The average molecular weight is 419 g/mol. The maximum absolute atomic E-state index is 13.1. The Morgan fingerprint density at radius 2 is 1.93 bits per heavy atom. The first kappa shape index (κ1) is 20.2. The lowest BCUT2D eigenvalue weighted by Crippen LogP contribution is -2.22. The minimum absolute atomic E-state index is 0.198. The van der Waals surface area contributed by atoms with Gasteiger partial charge in [0.2, 0.25) is 5.91 Å². The lowest BCUT2D eigenvalue weighted by molar-refractivity contribution is -0.207. The first-order chi connectivity index (χ1) is 14.1. The van der Waals surface area contributed by atoms with Gasteiger partial charge in [0.05, 0.1) is 11.6 Å². The van der Waals surface area contributed by atoms with E-state index < -0.39 is 36.0 Å². The molecule has 2 aromatic heterocycles. The summed E-state index contributed by atoms with van der Waals surface area (Å²) < 4.78 is 52.3. The van der Waals surface area contributed by atoms with Gasteiger partial charge in [0.15, 0.2) is 6.10 Å². The first-order valence-corrected chi connectivity index (χ1v) is 9.20. The summed E-state index contributed by atoms with van der Waals surface area (Å²) in [5, 5.41) is 13.6. The van der Waals surface area contributed by atoms with E-state index in [0.29, 0.717) is 21.9 Å². The van der Waals surface area contributed by atoms with Crippen LogP contribution in [0, 0.1) is 12.8 Å². The smallest absolute Gasteiger partial charge is 0.378 e. The van der Waals surface area contributed by atoms with Crippen molar-refractivity contribution in [2.24, 2.45) is 5.92 Å². The fourth-order valence-corrected chi connectivity index (χ4v) is 3.34. The van der Waals surface area contributed by atoms with Crippen molar-refractivity contribution in [3.63, 3.8) is 0 Å². The largest absolute Gasteiger partial charge is 0.420 e. The number of halogens is 4. The topological polar surface area (TPSA) is 75.1 Å². The highest BCUT2D eigenvalue weighted by atomic mass is 19.4. The molecule has 3 atom stereocenters. The zero-order valence-corrected chi connectivity index (χ0v) is 15.7. The second-order valence-corrected chi connectivity index (χ2v) is 7.31. The Bertz CT molecular complexity index is 1130. The molecule has 0 aliphatic heterocycles. The molecule has 156 valence electrons. The zero-order valence-electron chi connectivity index (χ0n) is 15.7. The van der Waals surface area contributed by atoms with Gasteiger partial charge in [-0.1, -0.05) is 12.1 Å². The van der Waals surface area contributed by atoms with Crippen molar-refractivity contribution in [1.82, 2.24) is 9.97 Å². The van der Waals surface area contributed by atoms with E-state index in [1.807, 2.05) is 0 Å². The van der Waals surface area contributed by atoms with Crippen LogP contribution >= 0.6 is 0 Å². The molecule has 0 bridgehead atoms. The summed E-state index contributed by atoms with van der Waals surface area (Å²) >= 11 is 0. The lowest BCUT2D eigenvalue weighted by atomic mass is 9.95. The van der Waals surface area contributed by atoms with Gasteiger partial charge in [-0.15, -0.1) is 0 Å². The van der Waals surface area contributed by atoms with Crippen molar-refractivity contribution in [1.29, 1.82) is 0 Å². The van der Waals surface area contributed by atoms with Crippen molar-refractivity contribution < 1.29 is 27.5 Å². The number of aliphatic hydroxyl groups excluding tert-OH is 1. The van der Waals surface area contributed by atoms with Gasteiger partial charge in [0.1, 0.15) is 12.0 Å². The number of nitrogens with one attached hydrogen (secondary N) is 1. The molecule has 0 spiro atoms. The summed E-state index contributed by atoms with van der Waals surface area (Å²) in [4.78, 5) is 19.8. The normalized spacial score (nSPS) is 19.5. The standard InChI is InChI=1S/C21H17F4N3O2/c1-10-4-5-26-18(19(29)21(23,24)25)17(10)12-3-2-11-7-16(27-9-13(11)6-12)28-20(30)14-8-15(14)22/h2-7,9,14-15,19,29H,8H2,1H3,(H,27,28,30)/t14-,15+,19+/m1/s1. The van der Waals surface area contributed by atoms with Gasteiger partial charge < -0.3 is 10.4 Å². The number of carbonyl (C=O) groups excluding carboxylic acids is 1. The van der Waals surface area contributed by atoms with E-state index in [0.717, 1.165) is 0 Å².